The highest BCUT2D eigenvalue weighted by Crippen LogP contribution is 2.33. The van der Waals surface area contributed by atoms with Crippen LogP contribution in [0.2, 0.25) is 0 Å². The Morgan fingerprint density at radius 2 is 2.06 bits per heavy atom. The van der Waals surface area contributed by atoms with E-state index in [2.05, 4.69) is 0 Å². The summed E-state index contributed by atoms with van der Waals surface area (Å²) in [5.74, 6) is -3.72. The van der Waals surface area contributed by atoms with Gasteiger partial charge in [-0.1, -0.05) is 6.92 Å². The van der Waals surface area contributed by atoms with E-state index in [1.165, 1.54) is 7.11 Å². The molecule has 1 aliphatic rings. The Balaban J connectivity index is 3.01. The van der Waals surface area contributed by atoms with Crippen molar-refractivity contribution < 1.29 is 27.8 Å². The van der Waals surface area contributed by atoms with Crippen LogP contribution in [0.4, 0.5) is 13.2 Å². The van der Waals surface area contributed by atoms with Crippen LogP contribution in [0.25, 0.3) is 0 Å². The molecular weight excluding hydrogens is 238 g/mol. The first-order valence-corrected chi connectivity index (χ1v) is 5.04. The zero-order valence-corrected chi connectivity index (χ0v) is 9.44. The molecule has 0 spiro atoms. The molecule has 0 saturated carbocycles. The number of nitrogens with zero attached hydrogens (tertiary/aromatic N) is 1. The summed E-state index contributed by atoms with van der Waals surface area (Å²) < 4.78 is 42.1. The summed E-state index contributed by atoms with van der Waals surface area (Å²) in [6.45, 7) is 0.995. The van der Waals surface area contributed by atoms with E-state index in [0.29, 0.717) is 4.90 Å². The van der Waals surface area contributed by atoms with Crippen molar-refractivity contribution in [3.63, 3.8) is 0 Å². The van der Waals surface area contributed by atoms with Crippen LogP contribution in [-0.4, -0.2) is 61.7 Å². The highest BCUT2D eigenvalue weighted by molar-refractivity contribution is 6.14. The van der Waals surface area contributed by atoms with Crippen LogP contribution in [0.3, 0.4) is 0 Å². The molecule has 96 valence electrons. The second kappa shape index (κ2) is 4.85. The standard InChI is InChI=1S/C9H13BF3NO3/c1-4-5(3-15)14(7(10)6(4)17-2)8(16)9(11,12)13/h4-7,15H,3H2,1-2H3/t4-,5-,6-,7-/m1/s1. The highest BCUT2D eigenvalue weighted by atomic mass is 19.4. The topological polar surface area (TPSA) is 49.8 Å². The fourth-order valence-corrected chi connectivity index (χ4v) is 2.20. The number of likely N-dealkylation sites (tertiary alicyclic amines) is 1. The predicted octanol–water partition coefficient (Wildman–Crippen LogP) is -0.103. The van der Waals surface area contributed by atoms with Crippen molar-refractivity contribution in [2.75, 3.05) is 13.7 Å². The van der Waals surface area contributed by atoms with Crippen molar-refractivity contribution in [1.82, 2.24) is 4.90 Å². The minimum Gasteiger partial charge on any atom is -0.394 e. The summed E-state index contributed by atoms with van der Waals surface area (Å²) in [6.07, 6.45) is -5.73. The van der Waals surface area contributed by atoms with E-state index in [9.17, 15) is 18.0 Å². The van der Waals surface area contributed by atoms with E-state index in [-0.39, 0.29) is 0 Å². The molecule has 1 rings (SSSR count). The Kier molecular flexibility index (Phi) is 4.08. The fraction of sp³-hybridized carbons (Fsp3) is 0.889. The summed E-state index contributed by atoms with van der Waals surface area (Å²) in [4.78, 5) is 11.7. The van der Waals surface area contributed by atoms with Crippen LogP contribution in [-0.2, 0) is 9.53 Å². The van der Waals surface area contributed by atoms with Gasteiger partial charge in [0.25, 0.3) is 0 Å². The quantitative estimate of drug-likeness (QED) is 0.697. The summed E-state index contributed by atoms with van der Waals surface area (Å²) in [5, 5.41) is 9.08. The molecule has 0 aromatic heterocycles. The van der Waals surface area contributed by atoms with Crippen LogP contribution in [0.1, 0.15) is 6.92 Å². The van der Waals surface area contributed by atoms with Crippen molar-refractivity contribution in [2.24, 2.45) is 5.92 Å². The number of halogens is 3. The monoisotopic (exact) mass is 251 g/mol. The van der Waals surface area contributed by atoms with Gasteiger partial charge in [-0.2, -0.15) is 13.2 Å². The summed E-state index contributed by atoms with van der Waals surface area (Å²) in [6, 6.07) is -0.982. The molecule has 0 aliphatic carbocycles. The number of carbonyl (C=O) groups is 1. The first-order valence-electron chi connectivity index (χ1n) is 5.04. The van der Waals surface area contributed by atoms with E-state index < -0.39 is 42.7 Å². The SMILES string of the molecule is [B][C@H]1[C@H](OC)[C@H](C)[C@@H](CO)N1C(=O)C(F)(F)F. The molecule has 1 fully saturated rings. The average Bonchev–Trinajstić information content (AvgIpc) is 2.47. The lowest BCUT2D eigenvalue weighted by molar-refractivity contribution is -0.188. The smallest absolute Gasteiger partial charge is 0.394 e. The maximum absolute atomic E-state index is 12.4. The molecule has 0 aromatic carbocycles. The van der Waals surface area contributed by atoms with E-state index in [1.807, 2.05) is 0 Å². The summed E-state index contributed by atoms with van der Waals surface area (Å²) in [5.41, 5.74) is 0. The molecule has 1 amide bonds. The largest absolute Gasteiger partial charge is 0.471 e. The third-order valence-electron chi connectivity index (χ3n) is 3.08. The number of carbonyl (C=O) groups excluding carboxylic acids is 1. The number of alkyl halides is 3. The molecule has 1 N–H and O–H groups in total. The van der Waals surface area contributed by atoms with Crippen molar-refractivity contribution in [1.29, 1.82) is 0 Å². The van der Waals surface area contributed by atoms with Crippen LogP contribution < -0.4 is 0 Å². The Morgan fingerprint density at radius 3 is 2.41 bits per heavy atom. The molecule has 1 aliphatic heterocycles. The van der Waals surface area contributed by atoms with Gasteiger partial charge in [0.2, 0.25) is 0 Å². The van der Waals surface area contributed by atoms with Gasteiger partial charge >= 0.3 is 12.1 Å². The van der Waals surface area contributed by atoms with E-state index in [1.54, 1.807) is 6.92 Å². The lowest BCUT2D eigenvalue weighted by Crippen LogP contribution is -2.50. The molecule has 2 radical (unpaired) electrons. The third kappa shape index (κ3) is 2.42. The number of aliphatic hydroxyl groups excluding tert-OH is 1. The van der Waals surface area contributed by atoms with E-state index in [4.69, 9.17) is 17.7 Å². The zero-order valence-electron chi connectivity index (χ0n) is 9.44. The van der Waals surface area contributed by atoms with E-state index >= 15 is 0 Å². The van der Waals surface area contributed by atoms with Gasteiger partial charge in [-0.25, -0.2) is 0 Å². The molecule has 0 bridgehead atoms. The second-order valence-electron chi connectivity index (χ2n) is 4.01. The van der Waals surface area contributed by atoms with Gasteiger partial charge < -0.3 is 14.7 Å². The highest BCUT2D eigenvalue weighted by Gasteiger charge is 2.53. The fourth-order valence-electron chi connectivity index (χ4n) is 2.20. The van der Waals surface area contributed by atoms with Gasteiger partial charge in [0.05, 0.1) is 18.8 Å². The number of aliphatic hydroxyl groups is 1. The number of hydrogen-bond donors (Lipinski definition) is 1. The normalized spacial score (nSPS) is 34.1. The molecular formula is C9H13BF3NO3. The molecule has 8 heteroatoms. The Morgan fingerprint density at radius 1 is 1.53 bits per heavy atom. The number of rotatable bonds is 2. The average molecular weight is 251 g/mol. The molecule has 4 atom stereocenters. The van der Waals surface area contributed by atoms with Crippen molar-refractivity contribution in [3.05, 3.63) is 0 Å². The summed E-state index contributed by atoms with van der Waals surface area (Å²) >= 11 is 0. The minimum atomic E-state index is -5.01. The Labute approximate surface area is 98.1 Å². The molecule has 0 aromatic rings. The third-order valence-corrected chi connectivity index (χ3v) is 3.08. The first kappa shape index (κ1) is 14.3. The Hall–Kier alpha value is -0.755. The maximum Gasteiger partial charge on any atom is 0.471 e. The second-order valence-corrected chi connectivity index (χ2v) is 4.01. The lowest BCUT2D eigenvalue weighted by atomic mass is 9.87. The van der Waals surface area contributed by atoms with Gasteiger partial charge in [-0.15, -0.1) is 0 Å². The van der Waals surface area contributed by atoms with Crippen molar-refractivity contribution >= 4 is 13.8 Å². The van der Waals surface area contributed by atoms with Crippen LogP contribution >= 0.6 is 0 Å². The number of amides is 1. The number of ether oxygens (including phenoxy) is 1. The van der Waals surface area contributed by atoms with Gasteiger partial charge in [-0.3, -0.25) is 4.79 Å². The Bertz CT molecular complexity index is 300. The van der Waals surface area contributed by atoms with Crippen LogP contribution in [0.5, 0.6) is 0 Å². The lowest BCUT2D eigenvalue weighted by Gasteiger charge is -2.29. The molecule has 1 heterocycles. The number of methoxy groups -OCH3 is 1. The van der Waals surface area contributed by atoms with Crippen LogP contribution in [0, 0.1) is 5.92 Å². The first-order chi connectivity index (χ1) is 7.75. The zero-order chi connectivity index (χ0) is 13.4. The maximum atomic E-state index is 12.4. The van der Waals surface area contributed by atoms with Gasteiger partial charge in [-0.05, 0) is 0 Å². The van der Waals surface area contributed by atoms with Crippen LogP contribution in [0.15, 0.2) is 0 Å². The predicted molar refractivity (Wildman–Crippen MR) is 53.3 cm³/mol. The van der Waals surface area contributed by atoms with Gasteiger partial charge in [0.1, 0.15) is 7.85 Å². The van der Waals surface area contributed by atoms with Gasteiger partial charge in [0, 0.05) is 19.0 Å². The summed E-state index contributed by atoms with van der Waals surface area (Å²) in [7, 11) is 6.86. The van der Waals surface area contributed by atoms with Crippen molar-refractivity contribution in [3.8, 4) is 0 Å². The molecule has 1 saturated heterocycles. The van der Waals surface area contributed by atoms with Crippen molar-refractivity contribution in [2.45, 2.75) is 31.2 Å². The molecule has 4 nitrogen and oxygen atoms in total. The minimum absolute atomic E-state index is 0.457. The number of hydrogen-bond acceptors (Lipinski definition) is 3. The molecule has 17 heavy (non-hydrogen) atoms. The van der Waals surface area contributed by atoms with Gasteiger partial charge in [0.15, 0.2) is 0 Å². The molecule has 0 unspecified atom stereocenters. The van der Waals surface area contributed by atoms with E-state index in [0.717, 1.165) is 0 Å².